The highest BCUT2D eigenvalue weighted by atomic mass is 35.5. The summed E-state index contributed by atoms with van der Waals surface area (Å²) in [6.07, 6.45) is -4.24. The van der Waals surface area contributed by atoms with Gasteiger partial charge < -0.3 is 9.64 Å². The van der Waals surface area contributed by atoms with Crippen LogP contribution in [0.15, 0.2) is 18.2 Å². The molecular weight excluding hydrogens is 295 g/mol. The van der Waals surface area contributed by atoms with Gasteiger partial charge in [-0.1, -0.05) is 0 Å². The zero-order valence-corrected chi connectivity index (χ0v) is 11.5. The van der Waals surface area contributed by atoms with Gasteiger partial charge in [0.1, 0.15) is 5.75 Å². The molecule has 1 saturated heterocycles. The van der Waals surface area contributed by atoms with E-state index in [1.54, 1.807) is 0 Å². The highest BCUT2D eigenvalue weighted by Gasteiger charge is 2.34. The molecular formula is C13H13ClF3NO2. The smallest absolute Gasteiger partial charge is 0.416 e. The summed E-state index contributed by atoms with van der Waals surface area (Å²) in [5.41, 5.74) is -0.650. The number of benzene rings is 1. The van der Waals surface area contributed by atoms with Gasteiger partial charge in [-0.25, -0.2) is 0 Å². The van der Waals surface area contributed by atoms with E-state index < -0.39 is 11.7 Å². The fourth-order valence-electron chi connectivity index (χ4n) is 2.16. The number of halogens is 4. The van der Waals surface area contributed by atoms with Gasteiger partial charge in [-0.05, 0) is 18.1 Å². The van der Waals surface area contributed by atoms with Crippen LogP contribution in [0.1, 0.15) is 12.0 Å². The fraction of sp³-hybridized carbons (Fsp3) is 0.462. The van der Waals surface area contributed by atoms with Crippen LogP contribution in [-0.2, 0) is 11.0 Å². The van der Waals surface area contributed by atoms with Crippen molar-refractivity contribution in [3.8, 4) is 5.75 Å². The van der Waals surface area contributed by atoms with Gasteiger partial charge in [0.25, 0.3) is 0 Å². The Morgan fingerprint density at radius 1 is 1.40 bits per heavy atom. The first-order valence-electron chi connectivity index (χ1n) is 5.97. The number of methoxy groups -OCH3 is 1. The Morgan fingerprint density at radius 2 is 2.10 bits per heavy atom. The number of amides is 1. The molecule has 1 fully saturated rings. The highest BCUT2D eigenvalue weighted by Crippen LogP contribution is 2.36. The van der Waals surface area contributed by atoms with Crippen LogP contribution in [-0.4, -0.2) is 25.4 Å². The van der Waals surface area contributed by atoms with Crippen LogP contribution in [0.25, 0.3) is 0 Å². The lowest BCUT2D eigenvalue weighted by atomic mass is 10.1. The average molecular weight is 308 g/mol. The predicted octanol–water partition coefficient (Wildman–Crippen LogP) is 3.31. The van der Waals surface area contributed by atoms with Crippen molar-refractivity contribution in [2.24, 2.45) is 5.92 Å². The number of hydrogen-bond donors (Lipinski definition) is 0. The first-order chi connectivity index (χ1) is 9.35. The third-order valence-corrected chi connectivity index (χ3v) is 3.63. The van der Waals surface area contributed by atoms with Crippen molar-refractivity contribution in [2.45, 2.75) is 12.6 Å². The lowest BCUT2D eigenvalue weighted by molar-refractivity contribution is -0.137. The topological polar surface area (TPSA) is 29.5 Å². The van der Waals surface area contributed by atoms with Crippen LogP contribution in [0.5, 0.6) is 5.75 Å². The van der Waals surface area contributed by atoms with Crippen LogP contribution in [0.2, 0.25) is 0 Å². The number of ether oxygens (including phenoxy) is 1. The molecule has 3 nitrogen and oxygen atoms in total. The molecule has 0 saturated carbocycles. The molecule has 0 aliphatic carbocycles. The molecule has 20 heavy (non-hydrogen) atoms. The molecule has 1 aliphatic heterocycles. The first-order valence-corrected chi connectivity index (χ1v) is 6.51. The number of carbonyl (C=O) groups is 1. The van der Waals surface area contributed by atoms with E-state index in [-0.39, 0.29) is 29.7 Å². The third-order valence-electron chi connectivity index (χ3n) is 3.19. The lowest BCUT2D eigenvalue weighted by Crippen LogP contribution is -2.25. The monoisotopic (exact) mass is 307 g/mol. The molecule has 0 spiro atoms. The van der Waals surface area contributed by atoms with Gasteiger partial charge in [-0.3, -0.25) is 4.79 Å². The predicted molar refractivity (Wildman–Crippen MR) is 69.2 cm³/mol. The molecule has 0 aromatic heterocycles. The van der Waals surface area contributed by atoms with Crippen LogP contribution in [0.3, 0.4) is 0 Å². The second kappa shape index (κ2) is 5.52. The van der Waals surface area contributed by atoms with E-state index >= 15 is 0 Å². The van der Waals surface area contributed by atoms with Crippen LogP contribution >= 0.6 is 11.6 Å². The minimum atomic E-state index is -4.49. The van der Waals surface area contributed by atoms with E-state index in [0.717, 1.165) is 12.1 Å². The first kappa shape index (κ1) is 15.0. The summed E-state index contributed by atoms with van der Waals surface area (Å²) in [6.45, 7) is 0.326. The molecule has 1 amide bonds. The quantitative estimate of drug-likeness (QED) is 0.802. The summed E-state index contributed by atoms with van der Waals surface area (Å²) in [7, 11) is 1.28. The standard InChI is InChI=1S/C13H13ClF3NO2/c1-20-11-4-9(13(15,16)17)3-10(5-11)18-7-8(6-14)2-12(18)19/h3-5,8H,2,6-7H2,1H3. The van der Waals surface area contributed by atoms with E-state index in [9.17, 15) is 18.0 Å². The Balaban J connectivity index is 2.39. The van der Waals surface area contributed by atoms with E-state index in [1.807, 2.05) is 0 Å². The van der Waals surface area contributed by atoms with E-state index in [2.05, 4.69) is 0 Å². The normalized spacial score (nSPS) is 19.6. The van der Waals surface area contributed by atoms with Crippen molar-refractivity contribution in [3.05, 3.63) is 23.8 Å². The zero-order valence-electron chi connectivity index (χ0n) is 10.7. The molecule has 2 rings (SSSR count). The Morgan fingerprint density at radius 3 is 2.60 bits per heavy atom. The maximum absolute atomic E-state index is 12.8. The van der Waals surface area contributed by atoms with Crippen molar-refractivity contribution in [1.82, 2.24) is 0 Å². The summed E-state index contributed by atoms with van der Waals surface area (Å²) < 4.78 is 43.4. The van der Waals surface area contributed by atoms with Crippen molar-refractivity contribution >= 4 is 23.2 Å². The third kappa shape index (κ3) is 3.00. The van der Waals surface area contributed by atoms with E-state index in [1.165, 1.54) is 18.1 Å². The molecule has 1 aromatic carbocycles. The number of rotatable bonds is 3. The van der Waals surface area contributed by atoms with Gasteiger partial charge in [0.05, 0.1) is 12.7 Å². The summed E-state index contributed by atoms with van der Waals surface area (Å²) in [6, 6.07) is 3.28. The average Bonchev–Trinajstić information content (AvgIpc) is 2.78. The number of carbonyl (C=O) groups excluding carboxylic acids is 1. The SMILES string of the molecule is COc1cc(N2CC(CCl)CC2=O)cc(C(F)(F)F)c1. The Labute approximate surface area is 119 Å². The largest absolute Gasteiger partial charge is 0.497 e. The number of anilines is 1. The minimum Gasteiger partial charge on any atom is -0.497 e. The second-order valence-electron chi connectivity index (χ2n) is 4.65. The fourth-order valence-corrected chi connectivity index (χ4v) is 2.36. The molecule has 1 atom stereocenters. The Kier molecular flexibility index (Phi) is 4.13. The number of nitrogens with zero attached hydrogens (tertiary/aromatic N) is 1. The molecule has 110 valence electrons. The van der Waals surface area contributed by atoms with Gasteiger partial charge in [0.2, 0.25) is 5.91 Å². The van der Waals surface area contributed by atoms with Gasteiger partial charge in [-0.2, -0.15) is 13.2 Å². The number of hydrogen-bond acceptors (Lipinski definition) is 2. The van der Waals surface area contributed by atoms with Crippen molar-refractivity contribution in [3.63, 3.8) is 0 Å². The maximum Gasteiger partial charge on any atom is 0.416 e. The van der Waals surface area contributed by atoms with Crippen molar-refractivity contribution in [1.29, 1.82) is 0 Å². The lowest BCUT2D eigenvalue weighted by Gasteiger charge is -2.19. The van der Waals surface area contributed by atoms with Gasteiger partial charge in [0, 0.05) is 30.6 Å². The van der Waals surface area contributed by atoms with Crippen LogP contribution in [0, 0.1) is 5.92 Å². The van der Waals surface area contributed by atoms with E-state index in [0.29, 0.717) is 12.4 Å². The molecule has 0 N–H and O–H groups in total. The Bertz CT molecular complexity index is 519. The molecule has 1 aliphatic rings. The van der Waals surface area contributed by atoms with Crippen molar-refractivity contribution in [2.75, 3.05) is 24.4 Å². The van der Waals surface area contributed by atoms with Gasteiger partial charge in [0.15, 0.2) is 0 Å². The summed E-state index contributed by atoms with van der Waals surface area (Å²) in [5.74, 6) is 0.108. The van der Waals surface area contributed by atoms with Crippen molar-refractivity contribution < 1.29 is 22.7 Å². The zero-order chi connectivity index (χ0) is 14.9. The van der Waals surface area contributed by atoms with Crippen LogP contribution < -0.4 is 9.64 Å². The molecule has 0 bridgehead atoms. The molecule has 1 unspecified atom stereocenters. The molecule has 1 heterocycles. The maximum atomic E-state index is 12.8. The van der Waals surface area contributed by atoms with E-state index in [4.69, 9.17) is 16.3 Å². The highest BCUT2D eigenvalue weighted by molar-refractivity contribution is 6.18. The van der Waals surface area contributed by atoms with Crippen LogP contribution in [0.4, 0.5) is 18.9 Å². The van der Waals surface area contributed by atoms with Gasteiger partial charge in [-0.15, -0.1) is 11.6 Å². The summed E-state index contributed by atoms with van der Waals surface area (Å²) in [5, 5.41) is 0. The summed E-state index contributed by atoms with van der Waals surface area (Å²) >= 11 is 5.70. The second-order valence-corrected chi connectivity index (χ2v) is 4.95. The molecule has 1 aromatic rings. The molecule has 7 heteroatoms. The van der Waals surface area contributed by atoms with Gasteiger partial charge >= 0.3 is 6.18 Å². The minimum absolute atomic E-state index is 0.0373. The Hall–Kier alpha value is -1.43. The molecule has 0 radical (unpaired) electrons. The summed E-state index contributed by atoms with van der Waals surface area (Å²) in [4.78, 5) is 13.2. The number of alkyl halides is 4.